The van der Waals surface area contributed by atoms with Crippen LogP contribution in [-0.4, -0.2) is 37.8 Å². The molecule has 3 rings (SSSR count). The fourth-order valence-electron chi connectivity index (χ4n) is 3.90. The monoisotopic (exact) mass is 378 g/mol. The van der Waals surface area contributed by atoms with Crippen LogP contribution in [0.15, 0.2) is 29.2 Å². The molecule has 1 aliphatic heterocycles. The predicted octanol–water partition coefficient (Wildman–Crippen LogP) is 3.56. The molecule has 1 saturated carbocycles. The van der Waals surface area contributed by atoms with Crippen molar-refractivity contribution in [2.24, 2.45) is 5.92 Å². The summed E-state index contributed by atoms with van der Waals surface area (Å²) in [6.07, 6.45) is 8.22. The van der Waals surface area contributed by atoms with Gasteiger partial charge in [0, 0.05) is 24.7 Å². The van der Waals surface area contributed by atoms with E-state index < -0.39 is 10.0 Å². The van der Waals surface area contributed by atoms with Crippen molar-refractivity contribution in [3.8, 4) is 0 Å². The molecule has 0 atom stereocenters. The van der Waals surface area contributed by atoms with Gasteiger partial charge in [0.1, 0.15) is 0 Å². The highest BCUT2D eigenvalue weighted by molar-refractivity contribution is 7.89. The molecule has 0 bridgehead atoms. The van der Waals surface area contributed by atoms with Crippen LogP contribution < -0.4 is 5.32 Å². The Bertz CT molecular complexity index is 716. The number of carbonyl (C=O) groups excluding carboxylic acids is 1. The van der Waals surface area contributed by atoms with E-state index in [0.29, 0.717) is 18.7 Å². The summed E-state index contributed by atoms with van der Waals surface area (Å²) in [6, 6.07) is 6.69. The lowest BCUT2D eigenvalue weighted by Crippen LogP contribution is -2.37. The van der Waals surface area contributed by atoms with Gasteiger partial charge >= 0.3 is 0 Å². The summed E-state index contributed by atoms with van der Waals surface area (Å²) in [7, 11) is -3.53. The van der Waals surface area contributed by atoms with E-state index in [1.165, 1.54) is 6.07 Å². The maximum atomic E-state index is 12.9. The summed E-state index contributed by atoms with van der Waals surface area (Å²) in [5, 5.41) is 3.08. The van der Waals surface area contributed by atoms with Crippen LogP contribution in [-0.2, 0) is 10.0 Å². The zero-order chi connectivity index (χ0) is 18.6. The van der Waals surface area contributed by atoms with E-state index in [-0.39, 0.29) is 16.8 Å². The summed E-state index contributed by atoms with van der Waals surface area (Å²) in [6.45, 7) is 3.38. The molecule has 1 aromatic rings. The smallest absolute Gasteiger partial charge is 0.251 e. The maximum Gasteiger partial charge on any atom is 0.251 e. The lowest BCUT2D eigenvalue weighted by molar-refractivity contribution is 0.0923. The molecule has 1 amide bonds. The van der Waals surface area contributed by atoms with E-state index in [0.717, 1.165) is 57.3 Å². The van der Waals surface area contributed by atoms with Crippen LogP contribution in [0.1, 0.15) is 68.6 Å². The Morgan fingerprint density at radius 2 is 1.69 bits per heavy atom. The van der Waals surface area contributed by atoms with Crippen LogP contribution in [0.2, 0.25) is 0 Å². The highest BCUT2D eigenvalue weighted by Gasteiger charge is 2.26. The summed E-state index contributed by atoms with van der Waals surface area (Å²) in [5.74, 6) is 0.558. The molecule has 0 spiro atoms. The number of hydrogen-bond acceptors (Lipinski definition) is 3. The summed E-state index contributed by atoms with van der Waals surface area (Å²) in [4.78, 5) is 12.8. The molecule has 2 fully saturated rings. The minimum atomic E-state index is -3.53. The van der Waals surface area contributed by atoms with Crippen molar-refractivity contribution in [1.29, 1.82) is 0 Å². The average Bonchev–Trinajstić information content (AvgIpc) is 2.94. The second-order valence-electron chi connectivity index (χ2n) is 7.78. The molecule has 0 unspecified atom stereocenters. The quantitative estimate of drug-likeness (QED) is 0.871. The Labute approximate surface area is 157 Å². The van der Waals surface area contributed by atoms with Gasteiger partial charge in [-0.15, -0.1) is 0 Å². The molecule has 6 heteroatoms. The van der Waals surface area contributed by atoms with E-state index in [4.69, 9.17) is 0 Å². The number of nitrogens with one attached hydrogen (secondary N) is 1. The van der Waals surface area contributed by atoms with Crippen molar-refractivity contribution in [2.75, 3.05) is 13.1 Å². The number of carbonyl (C=O) groups is 1. The first-order valence-electron chi connectivity index (χ1n) is 9.88. The molecule has 0 aromatic heterocycles. The van der Waals surface area contributed by atoms with Crippen molar-refractivity contribution in [1.82, 2.24) is 9.62 Å². The van der Waals surface area contributed by atoms with Gasteiger partial charge in [-0.25, -0.2) is 8.42 Å². The van der Waals surface area contributed by atoms with Crippen molar-refractivity contribution in [2.45, 2.75) is 69.2 Å². The zero-order valence-electron chi connectivity index (χ0n) is 15.6. The Hall–Kier alpha value is -1.40. The van der Waals surface area contributed by atoms with E-state index in [2.05, 4.69) is 12.2 Å². The molecule has 1 aliphatic carbocycles. The second kappa shape index (κ2) is 8.53. The number of amides is 1. The first-order chi connectivity index (χ1) is 12.5. The minimum absolute atomic E-state index is 0.169. The molecule has 1 saturated heterocycles. The Morgan fingerprint density at radius 1 is 1.04 bits per heavy atom. The van der Waals surface area contributed by atoms with Gasteiger partial charge in [-0.05, 0) is 62.6 Å². The standard InChI is InChI=1S/C20H30N2O3S/c1-16-9-11-18(12-10-16)21-20(23)17-7-6-8-19(15-17)26(24,25)22-13-4-2-3-5-14-22/h6-8,15-16,18H,2-5,9-14H2,1H3,(H,21,23). The molecule has 0 radical (unpaired) electrons. The van der Waals surface area contributed by atoms with Crippen LogP contribution >= 0.6 is 0 Å². The molecule has 1 N–H and O–H groups in total. The van der Waals surface area contributed by atoms with Gasteiger partial charge in [0.15, 0.2) is 0 Å². The van der Waals surface area contributed by atoms with Crippen LogP contribution in [0.5, 0.6) is 0 Å². The van der Waals surface area contributed by atoms with E-state index in [9.17, 15) is 13.2 Å². The van der Waals surface area contributed by atoms with E-state index in [1.807, 2.05) is 0 Å². The summed E-state index contributed by atoms with van der Waals surface area (Å²) >= 11 is 0. The molecule has 144 valence electrons. The lowest BCUT2D eigenvalue weighted by Gasteiger charge is -2.27. The van der Waals surface area contributed by atoms with Gasteiger partial charge in [0.25, 0.3) is 5.91 Å². The fourth-order valence-corrected chi connectivity index (χ4v) is 5.47. The van der Waals surface area contributed by atoms with Gasteiger partial charge < -0.3 is 5.32 Å². The van der Waals surface area contributed by atoms with Crippen molar-refractivity contribution in [3.63, 3.8) is 0 Å². The van der Waals surface area contributed by atoms with Crippen molar-refractivity contribution >= 4 is 15.9 Å². The summed E-state index contributed by atoms with van der Waals surface area (Å²) < 4.78 is 27.4. The SMILES string of the molecule is CC1CCC(NC(=O)c2cccc(S(=O)(=O)N3CCCCCC3)c2)CC1. The van der Waals surface area contributed by atoms with E-state index in [1.54, 1.807) is 22.5 Å². The first-order valence-corrected chi connectivity index (χ1v) is 11.3. The highest BCUT2D eigenvalue weighted by atomic mass is 32.2. The van der Waals surface area contributed by atoms with Gasteiger partial charge in [0.2, 0.25) is 10.0 Å². The third kappa shape index (κ3) is 4.65. The van der Waals surface area contributed by atoms with E-state index >= 15 is 0 Å². The zero-order valence-corrected chi connectivity index (χ0v) is 16.4. The van der Waals surface area contributed by atoms with Crippen molar-refractivity contribution in [3.05, 3.63) is 29.8 Å². The van der Waals surface area contributed by atoms with Crippen molar-refractivity contribution < 1.29 is 13.2 Å². The average molecular weight is 379 g/mol. The van der Waals surface area contributed by atoms with Crippen LogP contribution in [0.25, 0.3) is 0 Å². The number of benzene rings is 1. The van der Waals surface area contributed by atoms with Gasteiger partial charge in [0.05, 0.1) is 4.90 Å². The van der Waals surface area contributed by atoms with Gasteiger partial charge in [-0.2, -0.15) is 4.31 Å². The minimum Gasteiger partial charge on any atom is -0.349 e. The number of rotatable bonds is 4. The van der Waals surface area contributed by atoms with Gasteiger partial charge in [-0.1, -0.05) is 25.8 Å². The fraction of sp³-hybridized carbons (Fsp3) is 0.650. The Morgan fingerprint density at radius 3 is 2.35 bits per heavy atom. The molecule has 1 heterocycles. The molecule has 5 nitrogen and oxygen atoms in total. The largest absolute Gasteiger partial charge is 0.349 e. The molecular weight excluding hydrogens is 348 g/mol. The lowest BCUT2D eigenvalue weighted by atomic mass is 9.87. The Balaban J connectivity index is 1.71. The Kier molecular flexibility index (Phi) is 6.35. The maximum absolute atomic E-state index is 12.9. The summed E-state index contributed by atoms with van der Waals surface area (Å²) in [5.41, 5.74) is 0.430. The number of hydrogen-bond donors (Lipinski definition) is 1. The molecule has 1 aromatic carbocycles. The third-order valence-corrected chi connectivity index (χ3v) is 7.54. The number of nitrogens with zero attached hydrogens (tertiary/aromatic N) is 1. The van der Waals surface area contributed by atoms with Crippen LogP contribution in [0.3, 0.4) is 0 Å². The predicted molar refractivity (Wildman–Crippen MR) is 103 cm³/mol. The second-order valence-corrected chi connectivity index (χ2v) is 9.71. The van der Waals surface area contributed by atoms with Gasteiger partial charge in [-0.3, -0.25) is 4.79 Å². The topological polar surface area (TPSA) is 66.5 Å². The molecule has 26 heavy (non-hydrogen) atoms. The third-order valence-electron chi connectivity index (χ3n) is 5.65. The molecular formula is C20H30N2O3S. The van der Waals surface area contributed by atoms with Crippen LogP contribution in [0.4, 0.5) is 0 Å². The first kappa shape index (κ1) is 19.4. The highest BCUT2D eigenvalue weighted by Crippen LogP contribution is 2.24. The normalized spacial score (nSPS) is 25.4. The number of sulfonamides is 1. The van der Waals surface area contributed by atoms with Crippen LogP contribution in [0, 0.1) is 5.92 Å². The molecule has 2 aliphatic rings.